The highest BCUT2D eigenvalue weighted by Gasteiger charge is 2.34. The van der Waals surface area contributed by atoms with E-state index >= 15 is 0 Å². The molecule has 0 aliphatic heterocycles. The number of carbonyl (C=O) groups excluding carboxylic acids is 2. The van der Waals surface area contributed by atoms with Crippen LogP contribution in [0.25, 0.3) is 0 Å². The van der Waals surface area contributed by atoms with Crippen molar-refractivity contribution < 1.29 is 22.7 Å². The van der Waals surface area contributed by atoms with Gasteiger partial charge in [0.1, 0.15) is 18.3 Å². The molecule has 0 bridgehead atoms. The first-order valence-electron chi connectivity index (χ1n) is 14.1. The fourth-order valence-corrected chi connectivity index (χ4v) is 5.93. The van der Waals surface area contributed by atoms with Crippen molar-refractivity contribution in [3.63, 3.8) is 0 Å². The lowest BCUT2D eigenvalue weighted by atomic mass is 10.1. The van der Waals surface area contributed by atoms with Gasteiger partial charge in [-0.25, -0.2) is 8.42 Å². The summed E-state index contributed by atoms with van der Waals surface area (Å²) in [6.45, 7) is 9.71. The minimum Gasteiger partial charge on any atom is -0.494 e. The van der Waals surface area contributed by atoms with Crippen molar-refractivity contribution in [2.75, 3.05) is 17.5 Å². The van der Waals surface area contributed by atoms with Gasteiger partial charge in [0.25, 0.3) is 10.0 Å². The predicted molar refractivity (Wildman–Crippen MR) is 162 cm³/mol. The summed E-state index contributed by atoms with van der Waals surface area (Å²) < 4.78 is 34.4. The van der Waals surface area contributed by atoms with E-state index in [1.165, 1.54) is 17.0 Å². The average molecular weight is 580 g/mol. The molecule has 0 saturated heterocycles. The molecule has 41 heavy (non-hydrogen) atoms. The monoisotopic (exact) mass is 579 g/mol. The third-order valence-electron chi connectivity index (χ3n) is 6.87. The van der Waals surface area contributed by atoms with Gasteiger partial charge in [-0.2, -0.15) is 0 Å². The molecule has 0 fully saturated rings. The summed E-state index contributed by atoms with van der Waals surface area (Å²) in [4.78, 5) is 29.1. The molecule has 1 N–H and O–H groups in total. The number of benzene rings is 3. The fourth-order valence-electron chi connectivity index (χ4n) is 4.49. The van der Waals surface area contributed by atoms with E-state index in [0.717, 1.165) is 21.9 Å². The second kappa shape index (κ2) is 14.7. The van der Waals surface area contributed by atoms with E-state index < -0.39 is 28.5 Å². The second-order valence-electron chi connectivity index (χ2n) is 10.0. The molecule has 0 aliphatic rings. The lowest BCUT2D eigenvalue weighted by molar-refractivity contribution is -0.140. The van der Waals surface area contributed by atoms with Gasteiger partial charge in [-0.05, 0) is 75.6 Å². The van der Waals surface area contributed by atoms with Crippen LogP contribution in [0.5, 0.6) is 5.75 Å². The second-order valence-corrected chi connectivity index (χ2v) is 11.9. The Balaban J connectivity index is 2.05. The van der Waals surface area contributed by atoms with Crippen molar-refractivity contribution in [3.05, 3.63) is 90.0 Å². The Kier molecular flexibility index (Phi) is 11.3. The maximum absolute atomic E-state index is 14.1. The fraction of sp³-hybridized carbons (Fsp3) is 0.375. The van der Waals surface area contributed by atoms with Crippen LogP contribution in [-0.2, 0) is 26.2 Å². The highest BCUT2D eigenvalue weighted by atomic mass is 32.2. The van der Waals surface area contributed by atoms with Gasteiger partial charge in [0.15, 0.2) is 0 Å². The van der Waals surface area contributed by atoms with E-state index in [-0.39, 0.29) is 23.4 Å². The molecular weight excluding hydrogens is 538 g/mol. The third kappa shape index (κ3) is 8.33. The van der Waals surface area contributed by atoms with Gasteiger partial charge in [0.05, 0.1) is 17.2 Å². The van der Waals surface area contributed by atoms with E-state index in [4.69, 9.17) is 4.74 Å². The van der Waals surface area contributed by atoms with Crippen LogP contribution in [-0.4, -0.2) is 50.4 Å². The quantitative estimate of drug-likeness (QED) is 0.279. The smallest absolute Gasteiger partial charge is 0.264 e. The predicted octanol–water partition coefficient (Wildman–Crippen LogP) is 5.31. The lowest BCUT2D eigenvalue weighted by Gasteiger charge is -2.33. The number of hydrogen-bond donors (Lipinski definition) is 1. The standard InChI is InChI=1S/C32H41N3O5S/c1-6-25(5)33-32(37)30(7-2)34(22-26-14-12-13-24(4)21-26)31(36)23-35(27-17-19-28(20-18-27)40-8-3)41(38,39)29-15-10-9-11-16-29/h9-21,25,30H,6-8,22-23H2,1-5H3,(H,33,37)/t25-,30-/m1/s1. The first-order chi connectivity index (χ1) is 19.6. The maximum Gasteiger partial charge on any atom is 0.264 e. The number of rotatable bonds is 14. The van der Waals surface area contributed by atoms with Crippen molar-refractivity contribution in [1.82, 2.24) is 10.2 Å². The first kappa shape index (κ1) is 31.7. The van der Waals surface area contributed by atoms with Crippen LogP contribution >= 0.6 is 0 Å². The lowest BCUT2D eigenvalue weighted by Crippen LogP contribution is -2.53. The Labute approximate surface area is 244 Å². The molecule has 9 heteroatoms. The molecule has 3 aromatic carbocycles. The van der Waals surface area contributed by atoms with Crippen molar-refractivity contribution in [3.8, 4) is 5.75 Å². The summed E-state index contributed by atoms with van der Waals surface area (Å²) in [5.74, 6) is -0.152. The maximum atomic E-state index is 14.1. The molecule has 220 valence electrons. The molecule has 3 rings (SSSR count). The number of sulfonamides is 1. The van der Waals surface area contributed by atoms with E-state index in [9.17, 15) is 18.0 Å². The zero-order valence-corrected chi connectivity index (χ0v) is 25.4. The first-order valence-corrected chi connectivity index (χ1v) is 15.5. The largest absolute Gasteiger partial charge is 0.494 e. The van der Waals surface area contributed by atoms with Crippen LogP contribution < -0.4 is 14.4 Å². The molecule has 2 atom stereocenters. The van der Waals surface area contributed by atoms with Gasteiger partial charge in [-0.3, -0.25) is 13.9 Å². The Bertz CT molecular complexity index is 1390. The number of carbonyl (C=O) groups is 2. The third-order valence-corrected chi connectivity index (χ3v) is 8.66. The van der Waals surface area contributed by atoms with Crippen molar-refractivity contribution in [2.45, 2.75) is 71.0 Å². The van der Waals surface area contributed by atoms with Gasteiger partial charge in [0, 0.05) is 12.6 Å². The number of anilines is 1. The average Bonchev–Trinajstić information content (AvgIpc) is 2.96. The Hall–Kier alpha value is -3.85. The van der Waals surface area contributed by atoms with E-state index in [0.29, 0.717) is 24.5 Å². The number of ether oxygens (including phenoxy) is 1. The minimum atomic E-state index is -4.12. The molecule has 8 nitrogen and oxygen atoms in total. The highest BCUT2D eigenvalue weighted by Crippen LogP contribution is 2.27. The minimum absolute atomic E-state index is 0.0634. The Morgan fingerprint density at radius 1 is 0.902 bits per heavy atom. The number of hydrogen-bond acceptors (Lipinski definition) is 5. The normalized spacial score (nSPS) is 12.7. The molecule has 0 aromatic heterocycles. The van der Waals surface area contributed by atoms with Gasteiger partial charge in [0.2, 0.25) is 11.8 Å². The summed E-state index contributed by atoms with van der Waals surface area (Å²) in [5, 5.41) is 2.99. The summed E-state index contributed by atoms with van der Waals surface area (Å²) >= 11 is 0. The van der Waals surface area contributed by atoms with E-state index in [1.54, 1.807) is 42.5 Å². The van der Waals surface area contributed by atoms with Crippen LogP contribution in [0.2, 0.25) is 0 Å². The topological polar surface area (TPSA) is 96.0 Å². The number of nitrogens with one attached hydrogen (secondary N) is 1. The Morgan fingerprint density at radius 2 is 1.59 bits per heavy atom. The molecule has 3 aromatic rings. The van der Waals surface area contributed by atoms with Crippen molar-refractivity contribution in [1.29, 1.82) is 0 Å². The molecule has 0 radical (unpaired) electrons. The number of amides is 2. The van der Waals surface area contributed by atoms with Gasteiger partial charge in [-0.15, -0.1) is 0 Å². The summed E-state index contributed by atoms with van der Waals surface area (Å²) in [6.07, 6.45) is 1.11. The van der Waals surface area contributed by atoms with Crippen LogP contribution in [0.4, 0.5) is 5.69 Å². The molecule has 0 saturated carbocycles. The van der Waals surface area contributed by atoms with Gasteiger partial charge < -0.3 is 15.0 Å². The zero-order chi connectivity index (χ0) is 30.0. The molecule has 0 aliphatic carbocycles. The molecular formula is C32H41N3O5S. The summed E-state index contributed by atoms with van der Waals surface area (Å²) in [7, 11) is -4.12. The van der Waals surface area contributed by atoms with E-state index in [1.807, 2.05) is 58.9 Å². The summed E-state index contributed by atoms with van der Waals surface area (Å²) in [6, 6.07) is 21.5. The van der Waals surface area contributed by atoms with E-state index in [2.05, 4.69) is 5.32 Å². The zero-order valence-electron chi connectivity index (χ0n) is 24.5. The SMILES string of the molecule is CCOc1ccc(N(CC(=O)N(Cc2cccc(C)c2)[C@H](CC)C(=O)N[C@H](C)CC)S(=O)(=O)c2ccccc2)cc1. The van der Waals surface area contributed by atoms with Crippen LogP contribution in [0.1, 0.15) is 51.7 Å². The van der Waals surface area contributed by atoms with Crippen LogP contribution in [0.15, 0.2) is 83.8 Å². The van der Waals surface area contributed by atoms with Crippen molar-refractivity contribution >= 4 is 27.5 Å². The molecule has 2 amide bonds. The van der Waals surface area contributed by atoms with Gasteiger partial charge in [-0.1, -0.05) is 61.9 Å². The van der Waals surface area contributed by atoms with Gasteiger partial charge >= 0.3 is 0 Å². The Morgan fingerprint density at radius 3 is 2.17 bits per heavy atom. The van der Waals surface area contributed by atoms with Crippen LogP contribution in [0.3, 0.4) is 0 Å². The molecule has 0 unspecified atom stereocenters. The summed E-state index contributed by atoms with van der Waals surface area (Å²) in [5.41, 5.74) is 2.19. The number of nitrogens with zero attached hydrogens (tertiary/aromatic N) is 2. The molecule has 0 spiro atoms. The van der Waals surface area contributed by atoms with Crippen molar-refractivity contribution in [2.24, 2.45) is 0 Å². The van der Waals surface area contributed by atoms with Crippen LogP contribution in [0, 0.1) is 6.92 Å². The number of aryl methyl sites for hydroxylation is 1. The highest BCUT2D eigenvalue weighted by molar-refractivity contribution is 7.92. The molecule has 0 heterocycles.